The summed E-state index contributed by atoms with van der Waals surface area (Å²) >= 11 is 0. The zero-order valence-electron chi connectivity index (χ0n) is 14.5. The Kier molecular flexibility index (Phi) is 5.52. The van der Waals surface area contributed by atoms with Crippen molar-refractivity contribution in [2.24, 2.45) is 0 Å². The van der Waals surface area contributed by atoms with E-state index in [9.17, 15) is 23.3 Å². The van der Waals surface area contributed by atoms with Crippen LogP contribution in [0.4, 0.5) is 5.69 Å². The van der Waals surface area contributed by atoms with E-state index >= 15 is 0 Å². The van der Waals surface area contributed by atoms with Gasteiger partial charge >= 0.3 is 0 Å². The molecule has 2 aromatic rings. The minimum atomic E-state index is -3.99. The lowest BCUT2D eigenvalue weighted by Gasteiger charge is -2.34. The van der Waals surface area contributed by atoms with Crippen LogP contribution in [0, 0.1) is 10.1 Å². The van der Waals surface area contributed by atoms with E-state index in [1.807, 2.05) is 30.3 Å². The molecular weight excluding hydrogens is 370 g/mol. The molecule has 0 N–H and O–H groups in total. The largest absolute Gasteiger partial charge is 0.340 e. The quantitative estimate of drug-likeness (QED) is 0.572. The fraction of sp³-hybridized carbons (Fsp3) is 0.278. The van der Waals surface area contributed by atoms with Crippen molar-refractivity contribution in [3.05, 3.63) is 70.3 Å². The maximum atomic E-state index is 12.8. The van der Waals surface area contributed by atoms with E-state index in [-0.39, 0.29) is 43.4 Å². The van der Waals surface area contributed by atoms with Crippen molar-refractivity contribution < 1.29 is 18.1 Å². The van der Waals surface area contributed by atoms with Crippen LogP contribution in [0.25, 0.3) is 0 Å². The van der Waals surface area contributed by atoms with Crippen LogP contribution in [0.15, 0.2) is 59.5 Å². The molecule has 0 radical (unpaired) electrons. The van der Waals surface area contributed by atoms with Crippen LogP contribution >= 0.6 is 0 Å². The first-order valence-electron chi connectivity index (χ1n) is 8.45. The van der Waals surface area contributed by atoms with E-state index in [2.05, 4.69) is 0 Å². The molecule has 0 spiro atoms. The van der Waals surface area contributed by atoms with Crippen LogP contribution in [0.5, 0.6) is 0 Å². The van der Waals surface area contributed by atoms with Gasteiger partial charge < -0.3 is 4.90 Å². The second kappa shape index (κ2) is 7.85. The normalized spacial score (nSPS) is 15.5. The third-order valence-corrected chi connectivity index (χ3v) is 6.42. The average Bonchev–Trinajstić information content (AvgIpc) is 2.69. The molecule has 0 unspecified atom stereocenters. The minimum Gasteiger partial charge on any atom is -0.340 e. The maximum Gasteiger partial charge on any atom is 0.289 e. The van der Waals surface area contributed by atoms with Gasteiger partial charge in [-0.25, -0.2) is 8.42 Å². The molecule has 1 heterocycles. The van der Waals surface area contributed by atoms with Crippen LogP contribution in [-0.4, -0.2) is 54.6 Å². The van der Waals surface area contributed by atoms with Crippen molar-refractivity contribution >= 4 is 21.6 Å². The number of nitro groups is 1. The molecule has 0 atom stereocenters. The number of nitrogens with zero attached hydrogens (tertiary/aromatic N) is 3. The summed E-state index contributed by atoms with van der Waals surface area (Å²) in [4.78, 5) is 24.1. The zero-order chi connectivity index (χ0) is 19.4. The van der Waals surface area contributed by atoms with Gasteiger partial charge in [-0.05, 0) is 11.6 Å². The number of sulfonamides is 1. The lowest BCUT2D eigenvalue weighted by atomic mass is 10.1. The Bertz CT molecular complexity index is 938. The van der Waals surface area contributed by atoms with E-state index in [1.165, 1.54) is 28.6 Å². The van der Waals surface area contributed by atoms with Crippen LogP contribution in [-0.2, 0) is 21.2 Å². The second-order valence-electron chi connectivity index (χ2n) is 6.17. The van der Waals surface area contributed by atoms with Gasteiger partial charge in [-0.3, -0.25) is 14.9 Å². The van der Waals surface area contributed by atoms with Gasteiger partial charge in [0.05, 0.1) is 11.3 Å². The number of benzene rings is 2. The molecule has 1 amide bonds. The molecule has 2 aromatic carbocycles. The highest BCUT2D eigenvalue weighted by molar-refractivity contribution is 7.89. The summed E-state index contributed by atoms with van der Waals surface area (Å²) in [5, 5.41) is 11.1. The number of piperazine rings is 1. The molecule has 1 saturated heterocycles. The highest BCUT2D eigenvalue weighted by Crippen LogP contribution is 2.27. The van der Waals surface area contributed by atoms with Gasteiger partial charge in [-0.1, -0.05) is 42.5 Å². The molecule has 27 heavy (non-hydrogen) atoms. The van der Waals surface area contributed by atoms with Gasteiger partial charge in [0.2, 0.25) is 15.9 Å². The fourth-order valence-electron chi connectivity index (χ4n) is 3.03. The smallest absolute Gasteiger partial charge is 0.289 e. The maximum absolute atomic E-state index is 12.8. The molecule has 9 heteroatoms. The lowest BCUT2D eigenvalue weighted by molar-refractivity contribution is -0.387. The third-order valence-electron chi connectivity index (χ3n) is 4.47. The first-order chi connectivity index (χ1) is 12.9. The monoisotopic (exact) mass is 389 g/mol. The van der Waals surface area contributed by atoms with Crippen molar-refractivity contribution in [2.45, 2.75) is 11.3 Å². The van der Waals surface area contributed by atoms with E-state index < -0.39 is 20.6 Å². The highest BCUT2D eigenvalue weighted by Gasteiger charge is 2.34. The second-order valence-corrected chi connectivity index (χ2v) is 8.08. The summed E-state index contributed by atoms with van der Waals surface area (Å²) < 4.78 is 26.8. The predicted octanol–water partition coefficient (Wildman–Crippen LogP) is 1.67. The number of hydrogen-bond acceptors (Lipinski definition) is 5. The van der Waals surface area contributed by atoms with E-state index in [1.54, 1.807) is 4.90 Å². The average molecular weight is 389 g/mol. The Labute approximate surface area is 157 Å². The van der Waals surface area contributed by atoms with Crippen LogP contribution in [0.2, 0.25) is 0 Å². The van der Waals surface area contributed by atoms with Gasteiger partial charge in [0.15, 0.2) is 4.90 Å². The van der Waals surface area contributed by atoms with E-state index in [4.69, 9.17) is 0 Å². The Balaban J connectivity index is 1.68. The number of rotatable bonds is 5. The number of hydrogen-bond donors (Lipinski definition) is 0. The van der Waals surface area contributed by atoms with Gasteiger partial charge in [-0.2, -0.15) is 4.31 Å². The van der Waals surface area contributed by atoms with Gasteiger partial charge in [0, 0.05) is 32.2 Å². The molecule has 0 bridgehead atoms. The summed E-state index contributed by atoms with van der Waals surface area (Å²) in [6.07, 6.45) is 0.262. The Hall–Kier alpha value is -2.78. The summed E-state index contributed by atoms with van der Waals surface area (Å²) in [5.41, 5.74) is 0.456. The summed E-state index contributed by atoms with van der Waals surface area (Å²) in [6.45, 7) is 0.723. The lowest BCUT2D eigenvalue weighted by Crippen LogP contribution is -2.50. The summed E-state index contributed by atoms with van der Waals surface area (Å²) in [6, 6.07) is 14.6. The van der Waals surface area contributed by atoms with Crippen LogP contribution < -0.4 is 0 Å². The molecule has 142 valence electrons. The molecule has 0 aliphatic carbocycles. The van der Waals surface area contributed by atoms with Crippen molar-refractivity contribution in [3.8, 4) is 0 Å². The Morgan fingerprint density at radius 3 is 2.19 bits per heavy atom. The first-order valence-corrected chi connectivity index (χ1v) is 9.89. The number of amides is 1. The molecule has 8 nitrogen and oxygen atoms in total. The SMILES string of the molecule is O=C(Cc1ccccc1)N1CCN(S(=O)(=O)c2ccccc2[N+](=O)[O-])CC1. The molecular formula is C18H19N3O5S. The molecule has 1 aliphatic rings. The van der Waals surface area contributed by atoms with Crippen LogP contribution in [0.3, 0.4) is 0 Å². The van der Waals surface area contributed by atoms with Crippen molar-refractivity contribution in [3.63, 3.8) is 0 Å². The van der Waals surface area contributed by atoms with Crippen molar-refractivity contribution in [2.75, 3.05) is 26.2 Å². The molecule has 1 fully saturated rings. The topological polar surface area (TPSA) is 101 Å². The molecule has 3 rings (SSSR count). The minimum absolute atomic E-state index is 0.0658. The van der Waals surface area contributed by atoms with E-state index in [0.29, 0.717) is 0 Å². The highest BCUT2D eigenvalue weighted by atomic mass is 32.2. The fourth-order valence-corrected chi connectivity index (χ4v) is 4.60. The first kappa shape index (κ1) is 19.0. The molecule has 0 aromatic heterocycles. The van der Waals surface area contributed by atoms with Crippen molar-refractivity contribution in [1.82, 2.24) is 9.21 Å². The number of nitro benzene ring substituents is 1. The standard InChI is InChI=1S/C18H19N3O5S/c22-18(14-15-6-2-1-3-7-15)19-10-12-20(13-11-19)27(25,26)17-9-5-4-8-16(17)21(23)24/h1-9H,10-14H2. The van der Waals surface area contributed by atoms with Crippen molar-refractivity contribution in [1.29, 1.82) is 0 Å². The Morgan fingerprint density at radius 2 is 1.56 bits per heavy atom. The number of carbonyl (C=O) groups is 1. The number of para-hydroxylation sites is 1. The number of carbonyl (C=O) groups excluding carboxylic acids is 1. The van der Waals surface area contributed by atoms with E-state index in [0.717, 1.165) is 5.56 Å². The third kappa shape index (κ3) is 4.15. The summed E-state index contributed by atoms with van der Waals surface area (Å²) in [5.74, 6) is -0.0658. The van der Waals surface area contributed by atoms with Gasteiger partial charge in [0.25, 0.3) is 5.69 Å². The van der Waals surface area contributed by atoms with Crippen LogP contribution in [0.1, 0.15) is 5.56 Å². The summed E-state index contributed by atoms with van der Waals surface area (Å²) in [7, 11) is -3.99. The predicted molar refractivity (Wildman–Crippen MR) is 98.6 cm³/mol. The molecule has 1 aliphatic heterocycles. The molecule has 0 saturated carbocycles. The van der Waals surface area contributed by atoms with Gasteiger partial charge in [-0.15, -0.1) is 0 Å². The Morgan fingerprint density at radius 1 is 0.963 bits per heavy atom. The van der Waals surface area contributed by atoms with Gasteiger partial charge in [0.1, 0.15) is 0 Å². The zero-order valence-corrected chi connectivity index (χ0v) is 15.3.